The fourth-order valence-corrected chi connectivity index (χ4v) is 5.41. The minimum absolute atomic E-state index is 0.00682. The van der Waals surface area contributed by atoms with Crippen LogP contribution in [-0.4, -0.2) is 67.2 Å². The molecule has 4 rings (SSSR count). The predicted molar refractivity (Wildman–Crippen MR) is 136 cm³/mol. The first-order valence-corrected chi connectivity index (χ1v) is 12.7. The van der Waals surface area contributed by atoms with E-state index in [1.54, 1.807) is 0 Å². The summed E-state index contributed by atoms with van der Waals surface area (Å²) in [6.07, 6.45) is 2.81. The van der Waals surface area contributed by atoms with Crippen molar-refractivity contribution in [3.05, 3.63) is 60.2 Å². The van der Waals surface area contributed by atoms with Gasteiger partial charge in [0.25, 0.3) is 0 Å². The lowest BCUT2D eigenvalue weighted by Crippen LogP contribution is -2.49. The molecular formula is C28H39N3O3. The van der Waals surface area contributed by atoms with Crippen molar-refractivity contribution in [2.24, 2.45) is 5.92 Å². The molecule has 6 nitrogen and oxygen atoms in total. The van der Waals surface area contributed by atoms with Crippen LogP contribution in [0, 0.1) is 5.92 Å². The normalized spacial score (nSPS) is 23.4. The molecule has 0 radical (unpaired) electrons. The number of amides is 1. The maximum absolute atomic E-state index is 13.6. The zero-order valence-electron chi connectivity index (χ0n) is 20.8. The first-order chi connectivity index (χ1) is 16.5. The number of hydrogen-bond acceptors (Lipinski definition) is 5. The van der Waals surface area contributed by atoms with Crippen LogP contribution in [0.2, 0.25) is 0 Å². The molecule has 1 N–H and O–H groups in total. The molecule has 2 heterocycles. The Balaban J connectivity index is 1.43. The molecule has 1 amide bonds. The van der Waals surface area contributed by atoms with E-state index >= 15 is 0 Å². The van der Waals surface area contributed by atoms with Crippen LogP contribution in [0.5, 0.6) is 5.75 Å². The highest BCUT2D eigenvalue weighted by Crippen LogP contribution is 2.31. The van der Waals surface area contributed by atoms with Gasteiger partial charge < -0.3 is 14.8 Å². The SMILES string of the molecule is CCOc1ccccc1NC(=O)[C@H](c1ccccc1)N1CCC(CN2C[C@H](C)O[C@@H](C)C2)CC1. The summed E-state index contributed by atoms with van der Waals surface area (Å²) in [6, 6.07) is 17.5. The van der Waals surface area contributed by atoms with Gasteiger partial charge >= 0.3 is 0 Å². The molecule has 0 bridgehead atoms. The topological polar surface area (TPSA) is 54.0 Å². The molecular weight excluding hydrogens is 426 g/mol. The lowest BCUT2D eigenvalue weighted by molar-refractivity contribution is -0.122. The molecule has 34 heavy (non-hydrogen) atoms. The number of morpholine rings is 1. The number of hydrogen-bond donors (Lipinski definition) is 1. The molecule has 0 unspecified atom stereocenters. The van der Waals surface area contributed by atoms with Crippen LogP contribution in [0.4, 0.5) is 5.69 Å². The Morgan fingerprint density at radius 2 is 1.68 bits per heavy atom. The molecule has 0 saturated carbocycles. The smallest absolute Gasteiger partial charge is 0.246 e. The average Bonchev–Trinajstić information content (AvgIpc) is 2.82. The van der Waals surface area contributed by atoms with Crippen LogP contribution < -0.4 is 10.1 Å². The van der Waals surface area contributed by atoms with E-state index in [2.05, 4.69) is 41.1 Å². The van der Waals surface area contributed by atoms with Crippen molar-refractivity contribution >= 4 is 11.6 Å². The van der Waals surface area contributed by atoms with Gasteiger partial charge in [-0.1, -0.05) is 42.5 Å². The monoisotopic (exact) mass is 465 g/mol. The molecule has 2 aromatic rings. The van der Waals surface area contributed by atoms with E-state index < -0.39 is 0 Å². The fraction of sp³-hybridized carbons (Fsp3) is 0.536. The number of rotatable bonds is 8. The van der Waals surface area contributed by atoms with Gasteiger partial charge in [0.1, 0.15) is 11.8 Å². The molecule has 2 aromatic carbocycles. The third-order valence-electron chi connectivity index (χ3n) is 6.83. The van der Waals surface area contributed by atoms with E-state index in [4.69, 9.17) is 9.47 Å². The van der Waals surface area contributed by atoms with Crippen molar-refractivity contribution in [1.82, 2.24) is 9.80 Å². The fourth-order valence-electron chi connectivity index (χ4n) is 5.41. The van der Waals surface area contributed by atoms with Gasteiger partial charge in [0.05, 0.1) is 24.5 Å². The van der Waals surface area contributed by atoms with E-state index in [1.807, 2.05) is 49.4 Å². The number of piperidine rings is 1. The van der Waals surface area contributed by atoms with Crippen molar-refractivity contribution in [2.75, 3.05) is 44.6 Å². The van der Waals surface area contributed by atoms with Gasteiger partial charge in [-0.3, -0.25) is 14.6 Å². The molecule has 3 atom stereocenters. The van der Waals surface area contributed by atoms with Gasteiger partial charge in [0.2, 0.25) is 5.91 Å². The molecule has 184 valence electrons. The Labute approximate surface area is 204 Å². The first-order valence-electron chi connectivity index (χ1n) is 12.7. The summed E-state index contributed by atoms with van der Waals surface area (Å²) in [7, 11) is 0. The number of nitrogens with zero attached hydrogens (tertiary/aromatic N) is 2. The van der Waals surface area contributed by atoms with Crippen LogP contribution in [0.1, 0.15) is 45.2 Å². The third kappa shape index (κ3) is 6.38. The van der Waals surface area contributed by atoms with Gasteiger partial charge in [-0.15, -0.1) is 0 Å². The Hall–Kier alpha value is -2.41. The van der Waals surface area contributed by atoms with Crippen molar-refractivity contribution in [1.29, 1.82) is 0 Å². The first kappa shape index (κ1) is 24.7. The Kier molecular flexibility index (Phi) is 8.59. The summed E-state index contributed by atoms with van der Waals surface area (Å²) in [5.41, 5.74) is 1.75. The summed E-state index contributed by atoms with van der Waals surface area (Å²) < 4.78 is 11.6. The van der Waals surface area contributed by atoms with E-state index in [0.29, 0.717) is 30.5 Å². The lowest BCUT2D eigenvalue weighted by atomic mass is 9.93. The maximum atomic E-state index is 13.6. The second-order valence-corrected chi connectivity index (χ2v) is 9.69. The van der Waals surface area contributed by atoms with Crippen molar-refractivity contribution in [3.63, 3.8) is 0 Å². The lowest BCUT2D eigenvalue weighted by Gasteiger charge is -2.41. The number of anilines is 1. The van der Waals surface area contributed by atoms with E-state index in [-0.39, 0.29) is 11.9 Å². The van der Waals surface area contributed by atoms with Gasteiger partial charge in [-0.25, -0.2) is 0 Å². The molecule has 2 saturated heterocycles. The summed E-state index contributed by atoms with van der Waals surface area (Å²) in [5.74, 6) is 1.36. The van der Waals surface area contributed by atoms with Crippen molar-refractivity contribution in [3.8, 4) is 5.75 Å². The van der Waals surface area contributed by atoms with Crippen LogP contribution in [0.25, 0.3) is 0 Å². The summed E-state index contributed by atoms with van der Waals surface area (Å²) in [5, 5.41) is 3.15. The largest absolute Gasteiger partial charge is 0.492 e. The molecule has 0 aromatic heterocycles. The number of benzene rings is 2. The minimum Gasteiger partial charge on any atom is -0.492 e. The number of carbonyl (C=O) groups excluding carboxylic acids is 1. The molecule has 2 aliphatic heterocycles. The quantitative estimate of drug-likeness (QED) is 0.618. The predicted octanol–water partition coefficient (Wildman–Crippen LogP) is 4.59. The molecule has 2 fully saturated rings. The Bertz CT molecular complexity index is 904. The van der Waals surface area contributed by atoms with Crippen LogP contribution in [0.3, 0.4) is 0 Å². The standard InChI is InChI=1S/C28H39N3O3/c1-4-33-26-13-9-8-12-25(26)29-28(32)27(24-10-6-5-7-11-24)31-16-14-23(15-17-31)20-30-18-21(2)34-22(3)19-30/h5-13,21-23,27H,4,14-20H2,1-3H3,(H,29,32)/t21-,22-,27-/m0/s1. The zero-order chi connectivity index (χ0) is 23.9. The second-order valence-electron chi connectivity index (χ2n) is 9.69. The van der Waals surface area contributed by atoms with Crippen molar-refractivity contribution < 1.29 is 14.3 Å². The summed E-state index contributed by atoms with van der Waals surface area (Å²) >= 11 is 0. The van der Waals surface area contributed by atoms with E-state index in [0.717, 1.165) is 56.8 Å². The Morgan fingerprint density at radius 1 is 1.03 bits per heavy atom. The number of para-hydroxylation sites is 2. The minimum atomic E-state index is -0.319. The van der Waals surface area contributed by atoms with Crippen molar-refractivity contribution in [2.45, 2.75) is 51.9 Å². The molecule has 0 aliphatic carbocycles. The van der Waals surface area contributed by atoms with E-state index in [9.17, 15) is 4.79 Å². The summed E-state index contributed by atoms with van der Waals surface area (Å²) in [4.78, 5) is 18.5. The van der Waals surface area contributed by atoms with Crippen LogP contribution in [-0.2, 0) is 9.53 Å². The summed E-state index contributed by atoms with van der Waals surface area (Å²) in [6.45, 7) is 11.8. The third-order valence-corrected chi connectivity index (χ3v) is 6.83. The number of ether oxygens (including phenoxy) is 2. The number of likely N-dealkylation sites (tertiary alicyclic amines) is 1. The average molecular weight is 466 g/mol. The van der Waals surface area contributed by atoms with Crippen LogP contribution >= 0.6 is 0 Å². The Morgan fingerprint density at radius 3 is 2.35 bits per heavy atom. The second kappa shape index (κ2) is 11.8. The van der Waals surface area contributed by atoms with E-state index in [1.165, 1.54) is 0 Å². The number of carbonyl (C=O) groups is 1. The van der Waals surface area contributed by atoms with Crippen LogP contribution in [0.15, 0.2) is 54.6 Å². The maximum Gasteiger partial charge on any atom is 0.246 e. The highest BCUT2D eigenvalue weighted by atomic mass is 16.5. The zero-order valence-corrected chi connectivity index (χ0v) is 20.8. The molecule has 2 aliphatic rings. The van der Waals surface area contributed by atoms with Gasteiger partial charge in [0.15, 0.2) is 0 Å². The molecule has 6 heteroatoms. The van der Waals surface area contributed by atoms with Gasteiger partial charge in [-0.05, 0) is 70.3 Å². The number of nitrogens with one attached hydrogen (secondary N) is 1. The molecule has 0 spiro atoms. The highest BCUT2D eigenvalue weighted by Gasteiger charge is 2.33. The van der Waals surface area contributed by atoms with Gasteiger partial charge in [0, 0.05) is 19.6 Å². The highest BCUT2D eigenvalue weighted by molar-refractivity contribution is 5.96. The van der Waals surface area contributed by atoms with Gasteiger partial charge in [-0.2, -0.15) is 0 Å².